The topological polar surface area (TPSA) is 69.7 Å². The molecule has 8 heteroatoms. The lowest BCUT2D eigenvalue weighted by molar-refractivity contribution is -0.126. The largest absolute Gasteiger partial charge is 0.360 e. The number of ketones is 1. The maximum Gasteiger partial charge on any atom is 0.258 e. The Balaban J connectivity index is 1.72. The van der Waals surface area contributed by atoms with Gasteiger partial charge in [0.1, 0.15) is 5.41 Å². The van der Waals surface area contributed by atoms with Gasteiger partial charge in [0.15, 0.2) is 11.3 Å². The van der Waals surface area contributed by atoms with E-state index in [1.165, 1.54) is 9.80 Å². The first-order chi connectivity index (χ1) is 16.8. The van der Waals surface area contributed by atoms with Crippen molar-refractivity contribution >= 4 is 57.8 Å². The lowest BCUT2D eigenvalue weighted by Gasteiger charge is -2.34. The standard InChI is InChI=1S/C27H20ClN3O3S/c1-30-20-13-12-16(28)14-18(20)26(24(30)33)22(21(32)15-8-4-3-5-9-15)27(29-23(26)35)17-10-6-7-11-19(17)31(2)25(27)34/h3-14,22H,1-2H3,(H,29,35)/t22-,26-,27-/m0/s1. The van der Waals surface area contributed by atoms with E-state index < -0.39 is 16.9 Å². The zero-order valence-electron chi connectivity index (χ0n) is 18.9. The average molecular weight is 502 g/mol. The number of rotatable bonds is 2. The molecule has 174 valence electrons. The molecule has 1 fully saturated rings. The third-order valence-corrected chi connectivity index (χ3v) is 8.23. The summed E-state index contributed by atoms with van der Waals surface area (Å²) in [4.78, 5) is 45.9. The molecule has 3 heterocycles. The summed E-state index contributed by atoms with van der Waals surface area (Å²) >= 11 is 12.3. The second kappa shape index (κ2) is 7.23. The number of halogens is 1. The molecule has 0 aliphatic carbocycles. The molecule has 3 aromatic rings. The second-order valence-electron chi connectivity index (χ2n) is 9.14. The number of hydrogen-bond donors (Lipinski definition) is 1. The van der Waals surface area contributed by atoms with Crippen LogP contribution in [0.5, 0.6) is 0 Å². The maximum atomic E-state index is 14.4. The molecule has 3 aliphatic rings. The van der Waals surface area contributed by atoms with Crippen molar-refractivity contribution in [1.29, 1.82) is 0 Å². The van der Waals surface area contributed by atoms with Crippen molar-refractivity contribution in [3.05, 3.63) is 94.5 Å². The number of para-hydroxylation sites is 1. The van der Waals surface area contributed by atoms with E-state index in [4.69, 9.17) is 23.8 Å². The van der Waals surface area contributed by atoms with E-state index in [9.17, 15) is 14.4 Å². The maximum absolute atomic E-state index is 14.4. The highest BCUT2D eigenvalue weighted by Gasteiger charge is 2.75. The van der Waals surface area contributed by atoms with Gasteiger partial charge in [0.2, 0.25) is 5.91 Å². The Bertz CT molecular complexity index is 1480. The molecule has 3 aromatic carbocycles. The first-order valence-corrected chi connectivity index (χ1v) is 11.9. The molecule has 0 radical (unpaired) electrons. The van der Waals surface area contributed by atoms with E-state index in [-0.39, 0.29) is 22.6 Å². The van der Waals surface area contributed by atoms with E-state index in [1.54, 1.807) is 56.6 Å². The zero-order chi connectivity index (χ0) is 24.7. The van der Waals surface area contributed by atoms with Crippen LogP contribution in [0.2, 0.25) is 5.02 Å². The fraction of sp³-hybridized carbons (Fsp3) is 0.185. The molecule has 0 bridgehead atoms. The quantitative estimate of drug-likeness (QED) is 0.426. The van der Waals surface area contributed by atoms with Gasteiger partial charge in [0.05, 0.1) is 10.9 Å². The number of Topliss-reactive ketones (excluding diaryl/α,β-unsaturated/α-hetero) is 1. The number of hydrogen-bond acceptors (Lipinski definition) is 4. The van der Waals surface area contributed by atoms with Crippen molar-refractivity contribution in [3.8, 4) is 0 Å². The van der Waals surface area contributed by atoms with Crippen LogP contribution in [-0.4, -0.2) is 36.7 Å². The molecule has 0 unspecified atom stereocenters. The van der Waals surface area contributed by atoms with Gasteiger partial charge >= 0.3 is 0 Å². The lowest BCUT2D eigenvalue weighted by atomic mass is 9.62. The van der Waals surface area contributed by atoms with Crippen molar-refractivity contribution in [2.24, 2.45) is 5.92 Å². The van der Waals surface area contributed by atoms with Gasteiger partial charge in [-0.25, -0.2) is 0 Å². The SMILES string of the molecule is CN1C(=O)[C@@]2(C(=S)N[C@]3(C(=O)N(C)c4ccccc43)[C@H]2C(=O)c2ccccc2)c2cc(Cl)ccc21. The molecule has 6 nitrogen and oxygen atoms in total. The summed E-state index contributed by atoms with van der Waals surface area (Å²) < 4.78 is 0. The number of likely N-dealkylation sites (N-methyl/N-ethyl adjacent to an activating group) is 2. The van der Waals surface area contributed by atoms with Crippen molar-refractivity contribution in [3.63, 3.8) is 0 Å². The van der Waals surface area contributed by atoms with Gasteiger partial charge in [-0.3, -0.25) is 14.4 Å². The minimum atomic E-state index is -1.59. The molecule has 1 saturated heterocycles. The molecule has 2 spiro atoms. The van der Waals surface area contributed by atoms with Crippen molar-refractivity contribution in [2.45, 2.75) is 11.0 Å². The van der Waals surface area contributed by atoms with Gasteiger partial charge in [-0.2, -0.15) is 0 Å². The number of benzene rings is 3. The van der Waals surface area contributed by atoms with Crippen LogP contribution in [0.15, 0.2) is 72.8 Å². The minimum absolute atomic E-state index is 0.142. The molecule has 35 heavy (non-hydrogen) atoms. The highest BCUT2D eigenvalue weighted by atomic mass is 35.5. The fourth-order valence-electron chi connectivity index (χ4n) is 6.06. The first-order valence-electron chi connectivity index (χ1n) is 11.1. The van der Waals surface area contributed by atoms with Gasteiger partial charge in [0, 0.05) is 47.2 Å². The van der Waals surface area contributed by atoms with Crippen LogP contribution in [0.4, 0.5) is 11.4 Å². The Morgan fingerprint density at radius 3 is 2.26 bits per heavy atom. The van der Waals surface area contributed by atoms with Gasteiger partial charge in [-0.15, -0.1) is 0 Å². The summed E-state index contributed by atoms with van der Waals surface area (Å²) in [6, 6.07) is 21.2. The highest BCUT2D eigenvalue weighted by Crippen LogP contribution is 2.60. The third kappa shape index (κ3) is 2.49. The molecule has 3 atom stereocenters. The number of nitrogens with one attached hydrogen (secondary N) is 1. The Hall–Kier alpha value is -3.55. The Morgan fingerprint density at radius 1 is 0.886 bits per heavy atom. The van der Waals surface area contributed by atoms with E-state index in [2.05, 4.69) is 5.32 Å². The molecular weight excluding hydrogens is 482 g/mol. The predicted molar refractivity (Wildman–Crippen MR) is 138 cm³/mol. The van der Waals surface area contributed by atoms with Gasteiger partial charge in [-0.1, -0.05) is 72.3 Å². The average Bonchev–Trinajstić information content (AvgIpc) is 3.36. The molecule has 0 aromatic heterocycles. The third-order valence-electron chi connectivity index (χ3n) is 7.57. The van der Waals surface area contributed by atoms with Crippen LogP contribution >= 0.6 is 23.8 Å². The van der Waals surface area contributed by atoms with E-state index in [0.29, 0.717) is 33.1 Å². The minimum Gasteiger partial charge on any atom is -0.360 e. The Kier molecular flexibility index (Phi) is 4.53. The monoisotopic (exact) mass is 501 g/mol. The first kappa shape index (κ1) is 21.9. The number of anilines is 2. The molecule has 6 rings (SSSR count). The van der Waals surface area contributed by atoms with Crippen LogP contribution in [0.3, 0.4) is 0 Å². The van der Waals surface area contributed by atoms with Crippen molar-refractivity contribution in [2.75, 3.05) is 23.9 Å². The summed E-state index contributed by atoms with van der Waals surface area (Å²) in [6.07, 6.45) is 0. The van der Waals surface area contributed by atoms with Crippen LogP contribution in [0.25, 0.3) is 0 Å². The number of amides is 2. The normalized spacial score (nSPS) is 26.5. The number of thiocarbonyl (C=S) groups is 1. The molecule has 3 aliphatic heterocycles. The summed E-state index contributed by atoms with van der Waals surface area (Å²) in [5.74, 6) is -2.21. The molecular formula is C27H20ClN3O3S. The van der Waals surface area contributed by atoms with Gasteiger partial charge < -0.3 is 15.1 Å². The fourth-order valence-corrected chi connectivity index (χ4v) is 6.71. The van der Waals surface area contributed by atoms with E-state index in [0.717, 1.165) is 0 Å². The molecule has 0 saturated carbocycles. The van der Waals surface area contributed by atoms with E-state index >= 15 is 0 Å². The number of fused-ring (bicyclic) bond motifs is 4. The van der Waals surface area contributed by atoms with Crippen molar-refractivity contribution < 1.29 is 14.4 Å². The zero-order valence-corrected chi connectivity index (χ0v) is 20.5. The second-order valence-corrected chi connectivity index (χ2v) is 9.99. The summed E-state index contributed by atoms with van der Waals surface area (Å²) in [7, 11) is 3.32. The summed E-state index contributed by atoms with van der Waals surface area (Å²) in [5.41, 5.74) is -0.318. The van der Waals surface area contributed by atoms with Crippen molar-refractivity contribution in [1.82, 2.24) is 5.32 Å². The molecule has 2 amide bonds. The lowest BCUT2D eigenvalue weighted by Crippen LogP contribution is -2.56. The van der Waals surface area contributed by atoms with Crippen LogP contribution in [-0.2, 0) is 20.5 Å². The Labute approximate surface area is 212 Å². The number of nitrogens with zero attached hydrogens (tertiary/aromatic N) is 2. The number of carbonyl (C=O) groups excluding carboxylic acids is 3. The molecule has 1 N–H and O–H groups in total. The van der Waals surface area contributed by atoms with Crippen LogP contribution in [0.1, 0.15) is 21.5 Å². The van der Waals surface area contributed by atoms with Crippen LogP contribution < -0.4 is 15.1 Å². The summed E-state index contributed by atoms with van der Waals surface area (Å²) in [5, 5.41) is 3.65. The summed E-state index contributed by atoms with van der Waals surface area (Å²) in [6.45, 7) is 0. The van der Waals surface area contributed by atoms with Crippen LogP contribution in [0, 0.1) is 5.92 Å². The number of carbonyl (C=O) groups is 3. The smallest absolute Gasteiger partial charge is 0.258 e. The Morgan fingerprint density at radius 2 is 1.51 bits per heavy atom. The van der Waals surface area contributed by atoms with Gasteiger partial charge in [0.25, 0.3) is 5.91 Å². The highest BCUT2D eigenvalue weighted by molar-refractivity contribution is 7.80. The van der Waals surface area contributed by atoms with E-state index in [1.807, 2.05) is 30.3 Å². The predicted octanol–water partition coefficient (Wildman–Crippen LogP) is 3.86. The van der Waals surface area contributed by atoms with Gasteiger partial charge in [-0.05, 0) is 24.3 Å².